The van der Waals surface area contributed by atoms with Gasteiger partial charge in [-0.2, -0.15) is 0 Å². The van der Waals surface area contributed by atoms with Gasteiger partial charge in [-0.05, 0) is 59.7 Å². The molecule has 0 saturated carbocycles. The normalized spacial score (nSPS) is 17.2. The minimum Gasteiger partial charge on any atom is -0.334 e. The minimum atomic E-state index is 0.145. The minimum absolute atomic E-state index is 0.145. The van der Waals surface area contributed by atoms with Gasteiger partial charge < -0.3 is 14.8 Å². The largest absolute Gasteiger partial charge is 0.334 e. The molecule has 0 atom stereocenters. The molecule has 0 aromatic carbocycles. The molecule has 1 saturated heterocycles. The van der Waals surface area contributed by atoms with Crippen molar-refractivity contribution in [1.82, 2.24) is 19.8 Å². The molecule has 0 bridgehead atoms. The van der Waals surface area contributed by atoms with Crippen LogP contribution in [0.5, 0.6) is 0 Å². The Morgan fingerprint density at radius 2 is 1.95 bits per heavy atom. The van der Waals surface area contributed by atoms with Crippen LogP contribution < -0.4 is 5.32 Å². The van der Waals surface area contributed by atoms with Crippen molar-refractivity contribution >= 4 is 0 Å². The fraction of sp³-hybridized carbons (Fsp3) is 0.800. The summed E-state index contributed by atoms with van der Waals surface area (Å²) in [6, 6.07) is 0. The highest BCUT2D eigenvalue weighted by molar-refractivity contribution is 4.93. The SMILES string of the molecule is CC(C)(C)NCc1nccn1CCCN1CCCC1. The van der Waals surface area contributed by atoms with Crippen LogP contribution in [-0.4, -0.2) is 39.6 Å². The summed E-state index contributed by atoms with van der Waals surface area (Å²) in [7, 11) is 0. The second kappa shape index (κ2) is 6.53. The van der Waals surface area contributed by atoms with E-state index in [2.05, 4.69) is 46.7 Å². The third-order valence-corrected chi connectivity index (χ3v) is 3.65. The van der Waals surface area contributed by atoms with Crippen molar-refractivity contribution in [2.24, 2.45) is 0 Å². The topological polar surface area (TPSA) is 33.1 Å². The zero-order valence-corrected chi connectivity index (χ0v) is 12.7. The van der Waals surface area contributed by atoms with Gasteiger partial charge in [-0.15, -0.1) is 0 Å². The summed E-state index contributed by atoms with van der Waals surface area (Å²) >= 11 is 0. The lowest BCUT2D eigenvalue weighted by atomic mass is 10.1. The summed E-state index contributed by atoms with van der Waals surface area (Å²) in [6.45, 7) is 12.3. The molecule has 0 aliphatic carbocycles. The molecule has 1 fully saturated rings. The number of aryl methyl sites for hydroxylation is 1. The smallest absolute Gasteiger partial charge is 0.122 e. The Morgan fingerprint density at radius 3 is 2.63 bits per heavy atom. The molecule has 0 amide bonds. The Hall–Kier alpha value is -0.870. The molecule has 2 heterocycles. The zero-order valence-electron chi connectivity index (χ0n) is 12.7. The lowest BCUT2D eigenvalue weighted by Gasteiger charge is -2.21. The molecule has 0 radical (unpaired) electrons. The molecule has 1 N–H and O–H groups in total. The van der Waals surface area contributed by atoms with Gasteiger partial charge in [0.25, 0.3) is 0 Å². The van der Waals surface area contributed by atoms with Gasteiger partial charge >= 0.3 is 0 Å². The molecular weight excluding hydrogens is 236 g/mol. The van der Waals surface area contributed by atoms with Crippen molar-refractivity contribution in [2.45, 2.75) is 58.7 Å². The van der Waals surface area contributed by atoms with Gasteiger partial charge in [-0.1, -0.05) is 0 Å². The predicted molar refractivity (Wildman–Crippen MR) is 79.1 cm³/mol. The second-order valence-electron chi connectivity index (χ2n) is 6.54. The number of nitrogens with zero attached hydrogens (tertiary/aromatic N) is 3. The Balaban J connectivity index is 1.75. The molecule has 0 unspecified atom stereocenters. The molecule has 1 aliphatic rings. The van der Waals surface area contributed by atoms with Crippen LogP contribution in [0.1, 0.15) is 45.9 Å². The van der Waals surface area contributed by atoms with Gasteiger partial charge in [0.05, 0.1) is 6.54 Å². The maximum absolute atomic E-state index is 4.46. The molecule has 19 heavy (non-hydrogen) atoms. The predicted octanol–water partition coefficient (Wildman–Crippen LogP) is 2.26. The Kier molecular flexibility index (Phi) is 4.99. The number of aromatic nitrogens is 2. The van der Waals surface area contributed by atoms with Gasteiger partial charge in [0.15, 0.2) is 0 Å². The molecule has 1 aromatic rings. The average molecular weight is 264 g/mol. The van der Waals surface area contributed by atoms with Crippen molar-refractivity contribution in [1.29, 1.82) is 0 Å². The summed E-state index contributed by atoms with van der Waals surface area (Å²) in [5.41, 5.74) is 0.145. The van der Waals surface area contributed by atoms with Crippen molar-refractivity contribution in [2.75, 3.05) is 19.6 Å². The molecule has 2 rings (SSSR count). The van der Waals surface area contributed by atoms with E-state index in [1.165, 1.54) is 38.9 Å². The third-order valence-electron chi connectivity index (χ3n) is 3.65. The van der Waals surface area contributed by atoms with E-state index in [9.17, 15) is 0 Å². The number of hydrogen-bond acceptors (Lipinski definition) is 3. The highest BCUT2D eigenvalue weighted by Gasteiger charge is 2.12. The maximum Gasteiger partial charge on any atom is 0.122 e. The number of imidazole rings is 1. The first-order valence-electron chi connectivity index (χ1n) is 7.52. The van der Waals surface area contributed by atoms with Crippen molar-refractivity contribution in [3.8, 4) is 0 Å². The third kappa shape index (κ3) is 4.96. The Bertz CT molecular complexity index is 372. The van der Waals surface area contributed by atoms with Crippen LogP contribution in [0.4, 0.5) is 0 Å². The molecule has 0 spiro atoms. The van der Waals surface area contributed by atoms with Crippen molar-refractivity contribution in [3.63, 3.8) is 0 Å². The molecule has 108 valence electrons. The zero-order chi connectivity index (χ0) is 13.7. The summed E-state index contributed by atoms with van der Waals surface area (Å²) in [5.74, 6) is 1.15. The average Bonchev–Trinajstić information content (AvgIpc) is 2.96. The highest BCUT2D eigenvalue weighted by atomic mass is 15.1. The lowest BCUT2D eigenvalue weighted by Crippen LogP contribution is -2.36. The second-order valence-corrected chi connectivity index (χ2v) is 6.54. The van der Waals surface area contributed by atoms with Crippen LogP contribution in [0, 0.1) is 0 Å². The number of hydrogen-bond donors (Lipinski definition) is 1. The number of rotatable bonds is 6. The van der Waals surface area contributed by atoms with Crippen LogP contribution in [0.3, 0.4) is 0 Å². The van der Waals surface area contributed by atoms with E-state index in [0.717, 1.165) is 18.9 Å². The van der Waals surface area contributed by atoms with Crippen molar-refractivity contribution in [3.05, 3.63) is 18.2 Å². The van der Waals surface area contributed by atoms with Crippen LogP contribution >= 0.6 is 0 Å². The van der Waals surface area contributed by atoms with Gasteiger partial charge in [-0.25, -0.2) is 4.98 Å². The molecule has 4 nitrogen and oxygen atoms in total. The molecule has 1 aromatic heterocycles. The molecule has 1 aliphatic heterocycles. The first kappa shape index (κ1) is 14.5. The standard InChI is InChI=1S/C15H28N4/c1-15(2,3)17-13-14-16-7-12-19(14)11-6-10-18-8-4-5-9-18/h7,12,17H,4-6,8-11,13H2,1-3H3. The first-order chi connectivity index (χ1) is 9.04. The van der Waals surface area contributed by atoms with Crippen LogP contribution in [0.25, 0.3) is 0 Å². The highest BCUT2D eigenvalue weighted by Crippen LogP contribution is 2.09. The van der Waals surface area contributed by atoms with Gasteiger partial charge in [0, 0.05) is 24.5 Å². The fourth-order valence-corrected chi connectivity index (χ4v) is 2.53. The monoisotopic (exact) mass is 264 g/mol. The van der Waals surface area contributed by atoms with E-state index in [4.69, 9.17) is 0 Å². The van der Waals surface area contributed by atoms with E-state index >= 15 is 0 Å². The lowest BCUT2D eigenvalue weighted by molar-refractivity contribution is 0.323. The molecule has 4 heteroatoms. The molecular formula is C15H28N4. The summed E-state index contributed by atoms with van der Waals surface area (Å²) in [6.07, 6.45) is 8.00. The van der Waals surface area contributed by atoms with Gasteiger partial charge in [0.2, 0.25) is 0 Å². The van der Waals surface area contributed by atoms with E-state index in [1.54, 1.807) is 0 Å². The van der Waals surface area contributed by atoms with Crippen LogP contribution in [0.15, 0.2) is 12.4 Å². The van der Waals surface area contributed by atoms with Gasteiger partial charge in [-0.3, -0.25) is 0 Å². The van der Waals surface area contributed by atoms with E-state index in [1.807, 2.05) is 6.20 Å². The van der Waals surface area contributed by atoms with E-state index in [-0.39, 0.29) is 5.54 Å². The van der Waals surface area contributed by atoms with Gasteiger partial charge in [0.1, 0.15) is 5.82 Å². The maximum atomic E-state index is 4.46. The van der Waals surface area contributed by atoms with Crippen molar-refractivity contribution < 1.29 is 0 Å². The van der Waals surface area contributed by atoms with E-state index < -0.39 is 0 Å². The number of likely N-dealkylation sites (tertiary alicyclic amines) is 1. The van der Waals surface area contributed by atoms with Crippen LogP contribution in [0.2, 0.25) is 0 Å². The Morgan fingerprint density at radius 1 is 1.21 bits per heavy atom. The van der Waals surface area contributed by atoms with Crippen LogP contribution in [-0.2, 0) is 13.1 Å². The summed E-state index contributed by atoms with van der Waals surface area (Å²) in [5, 5.41) is 3.50. The van der Waals surface area contributed by atoms with E-state index in [0.29, 0.717) is 0 Å². The Labute approximate surface area is 117 Å². The quantitative estimate of drug-likeness (QED) is 0.855. The number of nitrogens with one attached hydrogen (secondary N) is 1. The fourth-order valence-electron chi connectivity index (χ4n) is 2.53. The summed E-state index contributed by atoms with van der Waals surface area (Å²) < 4.78 is 2.29. The summed E-state index contributed by atoms with van der Waals surface area (Å²) in [4.78, 5) is 7.03. The first-order valence-corrected chi connectivity index (χ1v) is 7.52.